The molecule has 1 atom stereocenters. The van der Waals surface area contributed by atoms with Gasteiger partial charge in [-0.2, -0.15) is 10.1 Å². The molecular formula is C33H50N2O3Si. The maximum absolute atomic E-state index is 12.9. The third-order valence-electron chi connectivity index (χ3n) is 6.55. The number of benzene rings is 2. The van der Waals surface area contributed by atoms with Gasteiger partial charge in [-0.1, -0.05) is 101 Å². The van der Waals surface area contributed by atoms with Gasteiger partial charge in [0.05, 0.1) is 6.04 Å². The van der Waals surface area contributed by atoms with Crippen molar-refractivity contribution in [2.75, 3.05) is 6.61 Å². The lowest BCUT2D eigenvalue weighted by Crippen LogP contribution is -2.66. The van der Waals surface area contributed by atoms with E-state index in [0.29, 0.717) is 12.5 Å². The average Bonchev–Trinajstić information content (AvgIpc) is 2.86. The summed E-state index contributed by atoms with van der Waals surface area (Å²) in [6.45, 7) is 21.3. The van der Waals surface area contributed by atoms with Crippen LogP contribution in [0, 0.1) is 5.92 Å². The van der Waals surface area contributed by atoms with E-state index in [1.54, 1.807) is 6.08 Å². The molecule has 0 aromatic heterocycles. The van der Waals surface area contributed by atoms with Crippen LogP contribution in [-0.4, -0.2) is 43.9 Å². The molecule has 0 saturated carbocycles. The van der Waals surface area contributed by atoms with E-state index in [9.17, 15) is 4.79 Å². The lowest BCUT2D eigenvalue weighted by Gasteiger charge is -2.43. The minimum atomic E-state index is -2.52. The van der Waals surface area contributed by atoms with E-state index in [-0.39, 0.29) is 11.1 Å². The normalized spacial score (nSPS) is 13.5. The molecule has 0 saturated heterocycles. The Balaban J connectivity index is 2.11. The third-order valence-corrected chi connectivity index (χ3v) is 11.6. The maximum atomic E-state index is 12.9. The molecule has 5 nitrogen and oxygen atoms in total. The summed E-state index contributed by atoms with van der Waals surface area (Å²) in [5.41, 5.74) is -0.591. The molecular weight excluding hydrogens is 500 g/mol. The molecule has 0 N–H and O–H groups in total. The fraction of sp³-hybridized carbons (Fsp3) is 0.515. The van der Waals surface area contributed by atoms with E-state index in [1.165, 1.54) is 15.4 Å². The number of carbonyl (C=O) groups is 1. The van der Waals surface area contributed by atoms with Crippen LogP contribution < -0.4 is 10.4 Å². The molecule has 1 amide bonds. The van der Waals surface area contributed by atoms with Gasteiger partial charge in [0, 0.05) is 12.8 Å². The Kier molecular flexibility index (Phi) is 12.2. The number of rotatable bonds is 13. The van der Waals surface area contributed by atoms with Crippen molar-refractivity contribution in [1.29, 1.82) is 0 Å². The van der Waals surface area contributed by atoms with Gasteiger partial charge < -0.3 is 9.16 Å². The standard InChI is InChI=1S/C33H50N2O3Si/c1-10-28(26-27(2)3)35(31(36)38-32(4,5)6)34-24-18-13-19-25-37-39(33(7,8)9,29-20-14-11-15-21-29)30-22-16-12-17-23-30/h10-12,14-17,20-24,27-28H,1,13,18-19,25-26H2,2-9H3/b34-24+. The Morgan fingerprint density at radius 2 is 1.49 bits per heavy atom. The van der Waals surface area contributed by atoms with Crippen LogP contribution in [0.2, 0.25) is 5.04 Å². The summed E-state index contributed by atoms with van der Waals surface area (Å²) in [5, 5.41) is 8.53. The van der Waals surface area contributed by atoms with Gasteiger partial charge in [-0.15, -0.1) is 6.58 Å². The number of amides is 1. The van der Waals surface area contributed by atoms with Gasteiger partial charge >= 0.3 is 6.09 Å². The lowest BCUT2D eigenvalue weighted by atomic mass is 10.0. The Hall–Kier alpha value is -2.70. The van der Waals surface area contributed by atoms with Crippen molar-refractivity contribution in [3.8, 4) is 0 Å². The first-order chi connectivity index (χ1) is 18.3. The molecule has 39 heavy (non-hydrogen) atoms. The van der Waals surface area contributed by atoms with Crippen molar-refractivity contribution in [2.45, 2.75) is 97.8 Å². The van der Waals surface area contributed by atoms with Crippen molar-refractivity contribution in [2.24, 2.45) is 11.0 Å². The van der Waals surface area contributed by atoms with Crippen LogP contribution in [0.15, 0.2) is 78.4 Å². The molecule has 0 radical (unpaired) electrons. The molecule has 0 heterocycles. The molecule has 0 spiro atoms. The molecule has 2 aromatic rings. The molecule has 2 rings (SSSR count). The molecule has 0 aliphatic heterocycles. The fourth-order valence-electron chi connectivity index (χ4n) is 4.83. The zero-order chi connectivity index (χ0) is 29.1. The Bertz CT molecular complexity index is 1000. The molecule has 6 heteroatoms. The van der Waals surface area contributed by atoms with Crippen LogP contribution in [0.4, 0.5) is 4.79 Å². The number of carbonyl (C=O) groups excluding carboxylic acids is 1. The Morgan fingerprint density at radius 1 is 0.949 bits per heavy atom. The van der Waals surface area contributed by atoms with Crippen molar-refractivity contribution in [3.05, 3.63) is 73.3 Å². The molecule has 0 aliphatic rings. The number of ether oxygens (including phenoxy) is 1. The average molecular weight is 551 g/mol. The molecule has 0 fully saturated rings. The van der Waals surface area contributed by atoms with Gasteiger partial charge in [-0.05, 0) is 67.8 Å². The zero-order valence-corrected chi connectivity index (χ0v) is 26.4. The first-order valence-corrected chi connectivity index (χ1v) is 16.1. The van der Waals surface area contributed by atoms with Crippen molar-refractivity contribution in [3.63, 3.8) is 0 Å². The van der Waals surface area contributed by atoms with E-state index in [2.05, 4.69) is 107 Å². The van der Waals surface area contributed by atoms with Crippen LogP contribution in [0.5, 0.6) is 0 Å². The highest BCUT2D eigenvalue weighted by molar-refractivity contribution is 6.99. The summed E-state index contributed by atoms with van der Waals surface area (Å²) in [6.07, 6.45) is 6.48. The highest BCUT2D eigenvalue weighted by Crippen LogP contribution is 2.36. The number of hydrogen-bond donors (Lipinski definition) is 0. The first kappa shape index (κ1) is 32.5. The predicted molar refractivity (Wildman–Crippen MR) is 167 cm³/mol. The number of unbranched alkanes of at least 4 members (excludes halogenated alkanes) is 2. The van der Waals surface area contributed by atoms with Crippen LogP contribution in [0.25, 0.3) is 0 Å². The van der Waals surface area contributed by atoms with Gasteiger partial charge in [0.25, 0.3) is 8.32 Å². The van der Waals surface area contributed by atoms with Gasteiger partial charge in [0.15, 0.2) is 0 Å². The molecule has 0 aliphatic carbocycles. The van der Waals surface area contributed by atoms with Crippen molar-refractivity contribution in [1.82, 2.24) is 5.01 Å². The SMILES string of the molecule is C=CC(CC(C)C)N(/N=C/CCCCO[Si](c1ccccc1)(c1ccccc1)C(C)(C)C)C(=O)OC(C)(C)C. The van der Waals surface area contributed by atoms with Crippen LogP contribution in [0.1, 0.15) is 81.1 Å². The maximum Gasteiger partial charge on any atom is 0.431 e. The van der Waals surface area contributed by atoms with Crippen molar-refractivity contribution < 1.29 is 14.0 Å². The van der Waals surface area contributed by atoms with Crippen LogP contribution >= 0.6 is 0 Å². The highest BCUT2D eigenvalue weighted by atomic mass is 28.4. The van der Waals surface area contributed by atoms with E-state index in [4.69, 9.17) is 9.16 Å². The summed E-state index contributed by atoms with van der Waals surface area (Å²) in [6, 6.07) is 21.2. The molecule has 2 aromatic carbocycles. The zero-order valence-electron chi connectivity index (χ0n) is 25.4. The van der Waals surface area contributed by atoms with Crippen LogP contribution in [-0.2, 0) is 9.16 Å². The van der Waals surface area contributed by atoms with Gasteiger partial charge in [-0.25, -0.2) is 4.79 Å². The summed E-state index contributed by atoms with van der Waals surface area (Å²) in [4.78, 5) is 12.9. The summed E-state index contributed by atoms with van der Waals surface area (Å²) in [5.74, 6) is 0.395. The van der Waals surface area contributed by atoms with E-state index in [1.807, 2.05) is 27.0 Å². The Labute approximate surface area is 238 Å². The summed E-state index contributed by atoms with van der Waals surface area (Å²) >= 11 is 0. The summed E-state index contributed by atoms with van der Waals surface area (Å²) < 4.78 is 12.6. The van der Waals surface area contributed by atoms with E-state index in [0.717, 1.165) is 25.7 Å². The minimum Gasteiger partial charge on any atom is -0.442 e. The fourth-order valence-corrected chi connectivity index (χ4v) is 9.43. The quantitative estimate of drug-likeness (QED) is 0.0850. The Morgan fingerprint density at radius 3 is 1.92 bits per heavy atom. The molecule has 1 unspecified atom stereocenters. The number of hydrogen-bond acceptors (Lipinski definition) is 4. The smallest absolute Gasteiger partial charge is 0.431 e. The monoisotopic (exact) mass is 550 g/mol. The second kappa shape index (κ2) is 14.6. The number of hydrazone groups is 1. The van der Waals surface area contributed by atoms with Gasteiger partial charge in [-0.3, -0.25) is 0 Å². The molecule has 214 valence electrons. The van der Waals surface area contributed by atoms with Crippen LogP contribution in [0.3, 0.4) is 0 Å². The van der Waals surface area contributed by atoms with E-state index >= 15 is 0 Å². The topological polar surface area (TPSA) is 51.1 Å². The van der Waals surface area contributed by atoms with Gasteiger partial charge in [0.1, 0.15) is 5.60 Å². The van der Waals surface area contributed by atoms with Gasteiger partial charge in [0.2, 0.25) is 0 Å². The van der Waals surface area contributed by atoms with E-state index < -0.39 is 20.0 Å². The third kappa shape index (κ3) is 9.47. The predicted octanol–water partition coefficient (Wildman–Crippen LogP) is 7.56. The molecule has 0 bridgehead atoms. The highest BCUT2D eigenvalue weighted by Gasteiger charge is 2.49. The van der Waals surface area contributed by atoms with Crippen molar-refractivity contribution >= 4 is 31.0 Å². The summed E-state index contributed by atoms with van der Waals surface area (Å²) in [7, 11) is -2.52. The second-order valence-corrected chi connectivity index (χ2v) is 16.9. The lowest BCUT2D eigenvalue weighted by molar-refractivity contribution is 0.0190. The largest absolute Gasteiger partial charge is 0.442 e. The second-order valence-electron chi connectivity index (χ2n) is 12.6. The number of nitrogens with zero attached hydrogens (tertiary/aromatic N) is 2. The minimum absolute atomic E-state index is 0.0405. The first-order valence-electron chi connectivity index (χ1n) is 14.2.